The Morgan fingerprint density at radius 3 is 2.41 bits per heavy atom. The summed E-state index contributed by atoms with van der Waals surface area (Å²) in [5, 5.41) is 6.13. The fourth-order valence-electron chi connectivity index (χ4n) is 4.12. The molecule has 1 saturated heterocycles. The van der Waals surface area contributed by atoms with E-state index in [4.69, 9.17) is 16.3 Å². The summed E-state index contributed by atoms with van der Waals surface area (Å²) < 4.78 is 33.0. The highest BCUT2D eigenvalue weighted by Crippen LogP contribution is 2.29. The highest BCUT2D eigenvalue weighted by molar-refractivity contribution is 7.89. The number of benzene rings is 1. The molecule has 2 fully saturated rings. The van der Waals surface area contributed by atoms with Crippen LogP contribution in [0.3, 0.4) is 0 Å². The molecule has 8 nitrogen and oxygen atoms in total. The monoisotopic (exact) mass is 485 g/mol. The predicted octanol–water partition coefficient (Wildman–Crippen LogP) is 2.22. The molecule has 178 valence electrons. The van der Waals surface area contributed by atoms with Crippen molar-refractivity contribution in [1.82, 2.24) is 15.4 Å². The molecule has 0 bridgehead atoms. The lowest BCUT2D eigenvalue weighted by atomic mass is 9.81. The van der Waals surface area contributed by atoms with E-state index in [1.807, 2.05) is 0 Å². The van der Waals surface area contributed by atoms with E-state index in [9.17, 15) is 18.0 Å². The summed E-state index contributed by atoms with van der Waals surface area (Å²) in [7, 11) is -3.58. The van der Waals surface area contributed by atoms with E-state index in [1.165, 1.54) is 12.1 Å². The summed E-state index contributed by atoms with van der Waals surface area (Å²) >= 11 is 5.82. The molecule has 1 aromatic rings. The zero-order valence-corrected chi connectivity index (χ0v) is 19.9. The summed E-state index contributed by atoms with van der Waals surface area (Å²) in [5.74, 6) is -0.315. The summed E-state index contributed by atoms with van der Waals surface area (Å²) in [4.78, 5) is 25.0. The van der Waals surface area contributed by atoms with Gasteiger partial charge in [-0.1, -0.05) is 11.6 Å². The molecule has 1 unspecified atom stereocenters. The van der Waals surface area contributed by atoms with Gasteiger partial charge in [-0.3, -0.25) is 9.59 Å². The van der Waals surface area contributed by atoms with E-state index in [1.54, 1.807) is 19.1 Å². The zero-order valence-electron chi connectivity index (χ0n) is 18.3. The molecule has 10 heteroatoms. The van der Waals surface area contributed by atoms with Gasteiger partial charge in [-0.15, -0.1) is 0 Å². The van der Waals surface area contributed by atoms with Crippen LogP contribution in [-0.4, -0.2) is 52.1 Å². The molecule has 0 spiro atoms. The largest absolute Gasteiger partial charge is 0.376 e. The summed E-state index contributed by atoms with van der Waals surface area (Å²) in [6.07, 6.45) is 4.86. The lowest BCUT2D eigenvalue weighted by Crippen LogP contribution is -2.48. The third-order valence-electron chi connectivity index (χ3n) is 6.18. The maximum Gasteiger partial charge on any atom is 0.242 e. The molecule has 1 aliphatic heterocycles. The van der Waals surface area contributed by atoms with Gasteiger partial charge in [0.2, 0.25) is 21.8 Å². The molecule has 2 aliphatic rings. The molecule has 1 aliphatic carbocycles. The van der Waals surface area contributed by atoms with E-state index in [0.29, 0.717) is 31.0 Å². The van der Waals surface area contributed by atoms with Crippen molar-refractivity contribution in [1.29, 1.82) is 0 Å². The second kappa shape index (κ2) is 11.4. The second-order valence-electron chi connectivity index (χ2n) is 8.63. The average Bonchev–Trinajstić information content (AvgIpc) is 3.30. The third kappa shape index (κ3) is 7.16. The summed E-state index contributed by atoms with van der Waals surface area (Å²) in [6.45, 7) is 3.22. The van der Waals surface area contributed by atoms with Gasteiger partial charge in [-0.05, 0) is 75.6 Å². The predicted molar refractivity (Wildman–Crippen MR) is 122 cm³/mol. The number of carbonyl (C=O) groups excluding carboxylic acids is 2. The Hall–Kier alpha value is -1.68. The first-order chi connectivity index (χ1) is 15.2. The van der Waals surface area contributed by atoms with Crippen LogP contribution >= 0.6 is 11.6 Å². The fraction of sp³-hybridized carbons (Fsp3) is 0.636. The number of nitrogens with one attached hydrogen (secondary N) is 3. The second-order valence-corrected chi connectivity index (χ2v) is 10.8. The molecule has 1 heterocycles. The molecule has 3 rings (SSSR count). The highest BCUT2D eigenvalue weighted by atomic mass is 35.5. The lowest BCUT2D eigenvalue weighted by Gasteiger charge is -2.28. The first-order valence-electron chi connectivity index (χ1n) is 11.2. The summed E-state index contributed by atoms with van der Waals surface area (Å²) in [5.41, 5.74) is 0. The van der Waals surface area contributed by atoms with Gasteiger partial charge in [-0.25, -0.2) is 13.1 Å². The third-order valence-corrected chi connectivity index (χ3v) is 7.87. The minimum absolute atomic E-state index is 0.0641. The molecule has 2 atom stereocenters. The Morgan fingerprint density at radius 1 is 1.09 bits per heavy atom. The van der Waals surface area contributed by atoms with Crippen LogP contribution in [0.2, 0.25) is 5.02 Å². The van der Waals surface area contributed by atoms with Gasteiger partial charge in [0.1, 0.15) is 6.04 Å². The quantitative estimate of drug-likeness (QED) is 0.496. The molecule has 2 amide bonds. The van der Waals surface area contributed by atoms with Crippen molar-refractivity contribution in [2.45, 2.75) is 62.5 Å². The van der Waals surface area contributed by atoms with Crippen molar-refractivity contribution in [3.63, 3.8) is 0 Å². The molecule has 0 radical (unpaired) electrons. The van der Waals surface area contributed by atoms with Gasteiger partial charge >= 0.3 is 0 Å². The Morgan fingerprint density at radius 2 is 1.78 bits per heavy atom. The maximum atomic E-state index is 12.6. The van der Waals surface area contributed by atoms with Crippen molar-refractivity contribution in [2.24, 2.45) is 11.8 Å². The average molecular weight is 486 g/mol. The first-order valence-corrected chi connectivity index (χ1v) is 13.1. The Bertz CT molecular complexity index is 879. The molecular formula is C22H32ClN3O5S. The van der Waals surface area contributed by atoms with Crippen molar-refractivity contribution in [3.8, 4) is 0 Å². The first kappa shape index (κ1) is 25.0. The van der Waals surface area contributed by atoms with Crippen molar-refractivity contribution < 1.29 is 22.7 Å². The van der Waals surface area contributed by atoms with Crippen LogP contribution in [0.25, 0.3) is 0 Å². The lowest BCUT2D eigenvalue weighted by molar-refractivity contribution is -0.131. The topological polar surface area (TPSA) is 114 Å². The number of sulfonamides is 1. The minimum Gasteiger partial charge on any atom is -0.376 e. The van der Waals surface area contributed by atoms with Gasteiger partial charge in [0.25, 0.3) is 0 Å². The Kier molecular flexibility index (Phi) is 8.93. The van der Waals surface area contributed by atoms with E-state index >= 15 is 0 Å². The number of rotatable bonds is 9. The van der Waals surface area contributed by atoms with Crippen LogP contribution in [0.15, 0.2) is 29.2 Å². The van der Waals surface area contributed by atoms with Crippen LogP contribution in [0.1, 0.15) is 45.4 Å². The number of amides is 2. The number of carbonyl (C=O) groups is 2. The van der Waals surface area contributed by atoms with Crippen LogP contribution < -0.4 is 15.4 Å². The molecule has 1 aromatic carbocycles. The van der Waals surface area contributed by atoms with Crippen molar-refractivity contribution in [3.05, 3.63) is 29.3 Å². The van der Waals surface area contributed by atoms with Crippen LogP contribution in [-0.2, 0) is 24.3 Å². The van der Waals surface area contributed by atoms with E-state index < -0.39 is 16.1 Å². The van der Waals surface area contributed by atoms with Crippen molar-refractivity contribution in [2.75, 3.05) is 19.7 Å². The minimum atomic E-state index is -3.58. The highest BCUT2D eigenvalue weighted by Gasteiger charge is 2.29. The molecule has 1 saturated carbocycles. The zero-order chi connectivity index (χ0) is 23.1. The van der Waals surface area contributed by atoms with Gasteiger partial charge in [0.15, 0.2) is 0 Å². The smallest absolute Gasteiger partial charge is 0.242 e. The number of hydrogen-bond donors (Lipinski definition) is 3. The van der Waals surface area contributed by atoms with E-state index in [2.05, 4.69) is 15.4 Å². The van der Waals surface area contributed by atoms with E-state index in [-0.39, 0.29) is 34.6 Å². The van der Waals surface area contributed by atoms with Crippen LogP contribution in [0, 0.1) is 11.8 Å². The van der Waals surface area contributed by atoms with E-state index in [0.717, 1.165) is 32.3 Å². The van der Waals surface area contributed by atoms with Crippen LogP contribution in [0.4, 0.5) is 0 Å². The van der Waals surface area contributed by atoms with Gasteiger partial charge in [0, 0.05) is 30.6 Å². The van der Waals surface area contributed by atoms with Crippen LogP contribution in [0.5, 0.6) is 0 Å². The van der Waals surface area contributed by atoms with Crippen molar-refractivity contribution >= 4 is 33.4 Å². The fourth-order valence-corrected chi connectivity index (χ4v) is 5.37. The standard InChI is InChI=1S/C22H32ClN3O5S/c1-15(21(27)24-14-19-3-2-12-31-19)26-22(28)17-6-4-16(5-7-17)13-25-32(29,30)20-10-8-18(23)9-11-20/h8-11,15-17,19,25H,2-7,12-14H2,1H3,(H,24,27)(H,26,28)/t15-,16?,17?,19?/m1/s1. The Labute approximate surface area is 194 Å². The number of halogens is 1. The number of hydrogen-bond acceptors (Lipinski definition) is 5. The SMILES string of the molecule is C[C@@H](NC(=O)C1CCC(CNS(=O)(=O)c2ccc(Cl)cc2)CC1)C(=O)NCC1CCCO1. The summed E-state index contributed by atoms with van der Waals surface area (Å²) in [6, 6.07) is 5.44. The van der Waals surface area contributed by atoms with Gasteiger partial charge in [0.05, 0.1) is 11.0 Å². The number of ether oxygens (including phenoxy) is 1. The van der Waals surface area contributed by atoms with Gasteiger partial charge in [-0.2, -0.15) is 0 Å². The molecule has 3 N–H and O–H groups in total. The Balaban J connectivity index is 1.37. The molecule has 0 aromatic heterocycles. The normalized spacial score (nSPS) is 24.6. The molecular weight excluding hydrogens is 454 g/mol. The maximum absolute atomic E-state index is 12.6. The van der Waals surface area contributed by atoms with Gasteiger partial charge < -0.3 is 15.4 Å². The molecule has 32 heavy (non-hydrogen) atoms.